The smallest absolute Gasteiger partial charge is 0.129 e. The second-order valence-electron chi connectivity index (χ2n) is 4.04. The van der Waals surface area contributed by atoms with Crippen LogP contribution in [0, 0.1) is 6.92 Å². The molecule has 2 rings (SSSR count). The highest BCUT2D eigenvalue weighted by atomic mass is 32.1. The number of aromatic nitrogens is 1. The Labute approximate surface area is 111 Å². The van der Waals surface area contributed by atoms with Crippen molar-refractivity contribution in [3.8, 4) is 0 Å². The first-order chi connectivity index (χ1) is 8.84. The molecule has 0 bridgehead atoms. The van der Waals surface area contributed by atoms with Gasteiger partial charge in [-0.1, -0.05) is 0 Å². The van der Waals surface area contributed by atoms with Gasteiger partial charge in [-0.2, -0.15) is 0 Å². The van der Waals surface area contributed by atoms with Crippen LogP contribution >= 0.6 is 11.3 Å². The predicted molar refractivity (Wildman–Crippen MR) is 71.5 cm³/mol. The van der Waals surface area contributed by atoms with Gasteiger partial charge in [0.15, 0.2) is 0 Å². The van der Waals surface area contributed by atoms with Crippen molar-refractivity contribution >= 4 is 11.3 Å². The number of nitrogens with zero attached hydrogens (tertiary/aromatic N) is 1. The van der Waals surface area contributed by atoms with Crippen molar-refractivity contribution in [2.45, 2.75) is 26.5 Å². The third kappa shape index (κ3) is 4.60. The zero-order chi connectivity index (χ0) is 12.6. The van der Waals surface area contributed by atoms with Crippen molar-refractivity contribution in [2.24, 2.45) is 0 Å². The lowest BCUT2D eigenvalue weighted by molar-refractivity contribution is 0.104. The maximum atomic E-state index is 5.49. The molecule has 0 aliphatic heterocycles. The van der Waals surface area contributed by atoms with E-state index in [0.717, 1.165) is 42.6 Å². The Kier molecular flexibility index (Phi) is 5.38. The van der Waals surface area contributed by atoms with E-state index in [1.165, 1.54) is 0 Å². The number of rotatable bonds is 8. The first-order valence-corrected chi connectivity index (χ1v) is 6.94. The summed E-state index contributed by atoms with van der Waals surface area (Å²) < 4.78 is 10.7. The molecule has 0 aromatic carbocycles. The molecule has 2 aromatic rings. The van der Waals surface area contributed by atoms with Gasteiger partial charge in [-0.3, -0.25) is 0 Å². The largest absolute Gasteiger partial charge is 0.467 e. The molecule has 0 radical (unpaired) electrons. The van der Waals surface area contributed by atoms with Gasteiger partial charge >= 0.3 is 0 Å². The molecule has 0 unspecified atom stereocenters. The van der Waals surface area contributed by atoms with Crippen molar-refractivity contribution in [3.05, 3.63) is 40.2 Å². The molecule has 0 amide bonds. The van der Waals surface area contributed by atoms with E-state index in [2.05, 4.69) is 15.7 Å². The molecule has 5 heteroatoms. The topological polar surface area (TPSA) is 47.3 Å². The van der Waals surface area contributed by atoms with E-state index in [-0.39, 0.29) is 0 Å². The van der Waals surface area contributed by atoms with Gasteiger partial charge in [0.1, 0.15) is 17.4 Å². The number of aryl methyl sites for hydroxylation is 1. The monoisotopic (exact) mass is 266 g/mol. The molecule has 2 aromatic heterocycles. The van der Waals surface area contributed by atoms with Crippen molar-refractivity contribution < 1.29 is 9.15 Å². The molecule has 98 valence electrons. The molecule has 0 atom stereocenters. The minimum atomic E-state index is 0.554. The van der Waals surface area contributed by atoms with Gasteiger partial charge in [0, 0.05) is 24.2 Å². The van der Waals surface area contributed by atoms with Gasteiger partial charge < -0.3 is 14.5 Å². The van der Waals surface area contributed by atoms with Crippen LogP contribution in [0.25, 0.3) is 0 Å². The number of hydrogen-bond acceptors (Lipinski definition) is 5. The summed E-state index contributed by atoms with van der Waals surface area (Å²) in [6, 6.07) is 3.79. The molecule has 2 heterocycles. The van der Waals surface area contributed by atoms with Crippen molar-refractivity contribution in [2.75, 3.05) is 13.2 Å². The van der Waals surface area contributed by atoms with Crippen LogP contribution in [-0.4, -0.2) is 18.1 Å². The summed E-state index contributed by atoms with van der Waals surface area (Å²) in [5.74, 6) is 0.876. The van der Waals surface area contributed by atoms with Gasteiger partial charge in [0.05, 0.1) is 6.26 Å². The molecule has 1 N–H and O–H groups in total. The molecule has 0 saturated carbocycles. The molecule has 18 heavy (non-hydrogen) atoms. The van der Waals surface area contributed by atoms with E-state index in [1.54, 1.807) is 17.6 Å². The molecular weight excluding hydrogens is 248 g/mol. The summed E-state index contributed by atoms with van der Waals surface area (Å²) in [6.07, 6.45) is 2.65. The molecular formula is C13H18N2O2S. The first kappa shape index (κ1) is 13.3. The highest BCUT2D eigenvalue weighted by Gasteiger charge is 1.98. The van der Waals surface area contributed by atoms with Gasteiger partial charge in [0.25, 0.3) is 0 Å². The summed E-state index contributed by atoms with van der Waals surface area (Å²) in [5.41, 5.74) is 1.10. The normalized spacial score (nSPS) is 10.9. The van der Waals surface area contributed by atoms with E-state index >= 15 is 0 Å². The number of nitrogens with one attached hydrogen (secondary N) is 1. The highest BCUT2D eigenvalue weighted by Crippen LogP contribution is 2.07. The Hall–Kier alpha value is -1.17. The quantitative estimate of drug-likeness (QED) is 0.746. The van der Waals surface area contributed by atoms with E-state index in [1.807, 2.05) is 19.1 Å². The minimum Gasteiger partial charge on any atom is -0.467 e. The number of furan rings is 1. The lowest BCUT2D eigenvalue weighted by Gasteiger charge is -2.03. The third-order valence-corrected chi connectivity index (χ3v) is 3.38. The fraction of sp³-hybridized carbons (Fsp3) is 0.462. The van der Waals surface area contributed by atoms with Crippen LogP contribution < -0.4 is 5.32 Å². The molecule has 0 aliphatic carbocycles. The van der Waals surface area contributed by atoms with Crippen LogP contribution in [0.5, 0.6) is 0 Å². The Morgan fingerprint density at radius 2 is 2.44 bits per heavy atom. The standard InChI is InChI=1S/C13H18N2O2S/c1-11-10-18-13(15-11)8-14-5-3-6-16-9-12-4-2-7-17-12/h2,4,7,10,14H,3,5-6,8-9H2,1H3. The minimum absolute atomic E-state index is 0.554. The predicted octanol–water partition coefficient (Wildman–Crippen LogP) is 2.74. The second-order valence-corrected chi connectivity index (χ2v) is 4.99. The average Bonchev–Trinajstić information content (AvgIpc) is 3.00. The van der Waals surface area contributed by atoms with E-state index < -0.39 is 0 Å². The fourth-order valence-corrected chi connectivity index (χ4v) is 2.29. The van der Waals surface area contributed by atoms with Crippen LogP contribution in [0.2, 0.25) is 0 Å². The van der Waals surface area contributed by atoms with E-state index in [9.17, 15) is 0 Å². The molecule has 0 spiro atoms. The number of hydrogen-bond donors (Lipinski definition) is 1. The lowest BCUT2D eigenvalue weighted by Crippen LogP contribution is -2.16. The van der Waals surface area contributed by atoms with Gasteiger partial charge in [-0.15, -0.1) is 11.3 Å². The van der Waals surface area contributed by atoms with Crippen molar-refractivity contribution in [1.29, 1.82) is 0 Å². The molecule has 0 fully saturated rings. The summed E-state index contributed by atoms with van der Waals surface area (Å²) in [6.45, 7) is 5.10. The molecule has 0 saturated heterocycles. The van der Waals surface area contributed by atoms with Crippen LogP contribution in [0.15, 0.2) is 28.2 Å². The summed E-state index contributed by atoms with van der Waals surface area (Å²) in [7, 11) is 0. The van der Waals surface area contributed by atoms with Crippen LogP contribution in [0.3, 0.4) is 0 Å². The first-order valence-electron chi connectivity index (χ1n) is 6.06. The maximum Gasteiger partial charge on any atom is 0.129 e. The Bertz CT molecular complexity index is 440. The van der Waals surface area contributed by atoms with Crippen molar-refractivity contribution in [1.82, 2.24) is 10.3 Å². The maximum absolute atomic E-state index is 5.49. The summed E-state index contributed by atoms with van der Waals surface area (Å²) >= 11 is 1.70. The zero-order valence-electron chi connectivity index (χ0n) is 10.5. The van der Waals surface area contributed by atoms with E-state index in [0.29, 0.717) is 6.61 Å². The SMILES string of the molecule is Cc1csc(CNCCCOCc2ccco2)n1. The van der Waals surface area contributed by atoms with Gasteiger partial charge in [-0.05, 0) is 32.0 Å². The Morgan fingerprint density at radius 3 is 3.17 bits per heavy atom. The number of thiazole rings is 1. The summed E-state index contributed by atoms with van der Waals surface area (Å²) in [4.78, 5) is 4.39. The van der Waals surface area contributed by atoms with Gasteiger partial charge in [-0.25, -0.2) is 4.98 Å². The van der Waals surface area contributed by atoms with E-state index in [4.69, 9.17) is 9.15 Å². The second kappa shape index (κ2) is 7.31. The fourth-order valence-electron chi connectivity index (χ4n) is 1.55. The zero-order valence-corrected chi connectivity index (χ0v) is 11.3. The third-order valence-electron chi connectivity index (χ3n) is 2.41. The van der Waals surface area contributed by atoms with Gasteiger partial charge in [0.2, 0.25) is 0 Å². The van der Waals surface area contributed by atoms with Crippen molar-refractivity contribution in [3.63, 3.8) is 0 Å². The summed E-state index contributed by atoms with van der Waals surface area (Å²) in [5, 5.41) is 6.57. The Balaban J connectivity index is 1.46. The lowest BCUT2D eigenvalue weighted by atomic mass is 10.4. The van der Waals surface area contributed by atoms with Crippen LogP contribution in [0.1, 0.15) is 22.9 Å². The van der Waals surface area contributed by atoms with Crippen LogP contribution in [0.4, 0.5) is 0 Å². The molecule has 0 aliphatic rings. The average molecular weight is 266 g/mol. The Morgan fingerprint density at radius 1 is 1.50 bits per heavy atom. The molecule has 4 nitrogen and oxygen atoms in total. The highest BCUT2D eigenvalue weighted by molar-refractivity contribution is 7.09. The van der Waals surface area contributed by atoms with Crippen LogP contribution in [-0.2, 0) is 17.9 Å². The number of ether oxygens (including phenoxy) is 1.